The zero-order valence-electron chi connectivity index (χ0n) is 12.5. The van der Waals surface area contributed by atoms with E-state index in [0.717, 1.165) is 18.8 Å². The van der Waals surface area contributed by atoms with E-state index in [9.17, 15) is 4.79 Å². The Hall–Kier alpha value is -0.770. The molecule has 4 nitrogen and oxygen atoms in total. The predicted molar refractivity (Wildman–Crippen MR) is 76.2 cm³/mol. The van der Waals surface area contributed by atoms with E-state index in [1.165, 1.54) is 38.5 Å². The highest BCUT2D eigenvalue weighted by molar-refractivity contribution is 5.59. The van der Waals surface area contributed by atoms with Crippen molar-refractivity contribution in [3.63, 3.8) is 0 Å². The molecule has 0 radical (unpaired) electrons. The SMILES string of the molecule is CCCCCCC(C)CCCCOC(=O)OCCO. The number of aliphatic hydroxyl groups is 1. The van der Waals surface area contributed by atoms with Crippen LogP contribution in [-0.4, -0.2) is 31.1 Å². The van der Waals surface area contributed by atoms with E-state index in [2.05, 4.69) is 18.6 Å². The molecule has 0 aliphatic heterocycles. The molecule has 0 saturated heterocycles. The molecule has 19 heavy (non-hydrogen) atoms. The van der Waals surface area contributed by atoms with E-state index in [1.807, 2.05) is 0 Å². The van der Waals surface area contributed by atoms with Crippen LogP contribution in [0.3, 0.4) is 0 Å². The Morgan fingerprint density at radius 3 is 2.26 bits per heavy atom. The summed E-state index contributed by atoms with van der Waals surface area (Å²) in [7, 11) is 0. The van der Waals surface area contributed by atoms with Crippen molar-refractivity contribution in [3.8, 4) is 0 Å². The average Bonchev–Trinajstić information content (AvgIpc) is 2.41. The van der Waals surface area contributed by atoms with Gasteiger partial charge in [0.15, 0.2) is 0 Å². The maximum absolute atomic E-state index is 10.9. The van der Waals surface area contributed by atoms with Gasteiger partial charge in [-0.05, 0) is 18.8 Å². The Bertz CT molecular complexity index is 206. The van der Waals surface area contributed by atoms with E-state index in [4.69, 9.17) is 9.84 Å². The first-order valence-electron chi connectivity index (χ1n) is 7.61. The summed E-state index contributed by atoms with van der Waals surface area (Å²) in [4.78, 5) is 10.9. The lowest BCUT2D eigenvalue weighted by Crippen LogP contribution is -2.11. The van der Waals surface area contributed by atoms with Crippen molar-refractivity contribution < 1.29 is 19.4 Å². The summed E-state index contributed by atoms with van der Waals surface area (Å²) in [6.45, 7) is 4.78. The highest BCUT2D eigenvalue weighted by Crippen LogP contribution is 2.16. The van der Waals surface area contributed by atoms with Gasteiger partial charge in [0.1, 0.15) is 6.61 Å². The molecule has 0 fully saturated rings. The van der Waals surface area contributed by atoms with Crippen LogP contribution in [0.25, 0.3) is 0 Å². The quantitative estimate of drug-likeness (QED) is 0.433. The fraction of sp³-hybridized carbons (Fsp3) is 0.933. The highest BCUT2D eigenvalue weighted by atomic mass is 16.7. The van der Waals surface area contributed by atoms with Gasteiger partial charge in [0.25, 0.3) is 0 Å². The van der Waals surface area contributed by atoms with Gasteiger partial charge >= 0.3 is 6.16 Å². The topological polar surface area (TPSA) is 55.8 Å². The molecule has 0 aromatic rings. The van der Waals surface area contributed by atoms with Crippen LogP contribution in [-0.2, 0) is 9.47 Å². The summed E-state index contributed by atoms with van der Waals surface area (Å²) < 4.78 is 9.45. The van der Waals surface area contributed by atoms with Gasteiger partial charge in [0, 0.05) is 0 Å². The zero-order chi connectivity index (χ0) is 14.3. The Labute approximate surface area is 117 Å². The summed E-state index contributed by atoms with van der Waals surface area (Å²) in [5, 5.41) is 8.46. The van der Waals surface area contributed by atoms with Crippen LogP contribution in [0, 0.1) is 5.92 Å². The third-order valence-corrected chi connectivity index (χ3v) is 3.17. The van der Waals surface area contributed by atoms with Gasteiger partial charge in [-0.2, -0.15) is 0 Å². The maximum atomic E-state index is 10.9. The predicted octanol–water partition coefficient (Wildman–Crippen LogP) is 3.91. The van der Waals surface area contributed by atoms with Gasteiger partial charge in [0.2, 0.25) is 0 Å². The molecule has 0 heterocycles. The van der Waals surface area contributed by atoms with Gasteiger partial charge in [0.05, 0.1) is 13.2 Å². The first kappa shape index (κ1) is 18.2. The first-order valence-corrected chi connectivity index (χ1v) is 7.61. The summed E-state index contributed by atoms with van der Waals surface area (Å²) in [5.74, 6) is 0.762. The number of carbonyl (C=O) groups is 1. The summed E-state index contributed by atoms with van der Waals surface area (Å²) >= 11 is 0. The molecule has 0 aromatic carbocycles. The number of ether oxygens (including phenoxy) is 2. The van der Waals surface area contributed by atoms with Crippen LogP contribution < -0.4 is 0 Å². The standard InChI is InChI=1S/C15H30O4/c1-3-4-5-6-9-14(2)10-7-8-12-18-15(17)19-13-11-16/h14,16H,3-13H2,1-2H3. The van der Waals surface area contributed by atoms with E-state index >= 15 is 0 Å². The molecule has 0 aliphatic carbocycles. The Kier molecular flexibility index (Phi) is 13.1. The molecule has 0 amide bonds. The second-order valence-electron chi connectivity index (χ2n) is 5.12. The molecule has 114 valence electrons. The number of hydrogen-bond acceptors (Lipinski definition) is 4. The molecular formula is C15H30O4. The highest BCUT2D eigenvalue weighted by Gasteiger charge is 2.04. The van der Waals surface area contributed by atoms with Crippen molar-refractivity contribution in [3.05, 3.63) is 0 Å². The average molecular weight is 274 g/mol. The Morgan fingerprint density at radius 2 is 1.63 bits per heavy atom. The van der Waals surface area contributed by atoms with Crippen molar-refractivity contribution in [2.45, 2.75) is 65.2 Å². The monoisotopic (exact) mass is 274 g/mol. The molecule has 4 heteroatoms. The van der Waals surface area contributed by atoms with Gasteiger partial charge in [-0.1, -0.05) is 52.4 Å². The third kappa shape index (κ3) is 13.5. The fourth-order valence-corrected chi connectivity index (χ4v) is 1.98. The van der Waals surface area contributed by atoms with Crippen molar-refractivity contribution in [2.75, 3.05) is 19.8 Å². The van der Waals surface area contributed by atoms with Crippen molar-refractivity contribution >= 4 is 6.16 Å². The number of rotatable bonds is 12. The van der Waals surface area contributed by atoms with E-state index in [0.29, 0.717) is 6.61 Å². The minimum Gasteiger partial charge on any atom is -0.434 e. The lowest BCUT2D eigenvalue weighted by molar-refractivity contribution is 0.0424. The van der Waals surface area contributed by atoms with Gasteiger partial charge < -0.3 is 14.6 Å². The van der Waals surface area contributed by atoms with Gasteiger partial charge in [-0.15, -0.1) is 0 Å². The minimum atomic E-state index is -0.679. The second kappa shape index (κ2) is 13.7. The minimum absolute atomic E-state index is 0.00757. The molecular weight excluding hydrogens is 244 g/mol. The second-order valence-corrected chi connectivity index (χ2v) is 5.12. The molecule has 0 spiro atoms. The third-order valence-electron chi connectivity index (χ3n) is 3.17. The molecule has 0 aliphatic rings. The Morgan fingerprint density at radius 1 is 1.00 bits per heavy atom. The largest absolute Gasteiger partial charge is 0.508 e. The van der Waals surface area contributed by atoms with Crippen LogP contribution >= 0.6 is 0 Å². The van der Waals surface area contributed by atoms with Crippen LogP contribution in [0.4, 0.5) is 4.79 Å². The summed E-state index contributed by atoms with van der Waals surface area (Å²) in [6.07, 6.45) is 9.10. The fourth-order valence-electron chi connectivity index (χ4n) is 1.98. The van der Waals surface area contributed by atoms with Gasteiger partial charge in [-0.3, -0.25) is 0 Å². The van der Waals surface area contributed by atoms with Crippen molar-refractivity contribution in [1.29, 1.82) is 0 Å². The Balaban J connectivity index is 3.26. The molecule has 1 unspecified atom stereocenters. The van der Waals surface area contributed by atoms with E-state index in [-0.39, 0.29) is 13.2 Å². The zero-order valence-corrected chi connectivity index (χ0v) is 12.5. The van der Waals surface area contributed by atoms with Gasteiger partial charge in [-0.25, -0.2) is 4.79 Å². The molecule has 0 saturated carbocycles. The van der Waals surface area contributed by atoms with E-state index in [1.54, 1.807) is 0 Å². The molecule has 0 bridgehead atoms. The van der Waals surface area contributed by atoms with E-state index < -0.39 is 6.16 Å². The number of carbonyl (C=O) groups excluding carboxylic acids is 1. The van der Waals surface area contributed by atoms with Crippen LogP contribution in [0.15, 0.2) is 0 Å². The van der Waals surface area contributed by atoms with Crippen molar-refractivity contribution in [1.82, 2.24) is 0 Å². The van der Waals surface area contributed by atoms with Crippen molar-refractivity contribution in [2.24, 2.45) is 5.92 Å². The maximum Gasteiger partial charge on any atom is 0.508 e. The normalized spacial score (nSPS) is 12.2. The first-order chi connectivity index (χ1) is 9.20. The van der Waals surface area contributed by atoms with Crippen LogP contribution in [0.2, 0.25) is 0 Å². The smallest absolute Gasteiger partial charge is 0.434 e. The molecule has 0 aromatic heterocycles. The molecule has 1 atom stereocenters. The number of unbranched alkanes of at least 4 members (excludes halogenated alkanes) is 4. The lowest BCUT2D eigenvalue weighted by atomic mass is 9.97. The lowest BCUT2D eigenvalue weighted by Gasteiger charge is -2.11. The molecule has 0 rings (SSSR count). The van der Waals surface area contributed by atoms with Crippen LogP contribution in [0.1, 0.15) is 65.2 Å². The molecule has 1 N–H and O–H groups in total. The summed E-state index contributed by atoms with van der Waals surface area (Å²) in [5.41, 5.74) is 0. The summed E-state index contributed by atoms with van der Waals surface area (Å²) in [6, 6.07) is 0. The number of hydrogen-bond donors (Lipinski definition) is 1. The number of aliphatic hydroxyl groups excluding tert-OH is 1. The van der Waals surface area contributed by atoms with Crippen LogP contribution in [0.5, 0.6) is 0 Å².